The van der Waals surface area contributed by atoms with E-state index in [0.717, 1.165) is 40.3 Å². The van der Waals surface area contributed by atoms with Crippen LogP contribution in [0, 0.1) is 0 Å². The summed E-state index contributed by atoms with van der Waals surface area (Å²) in [6, 6.07) is 18.4. The number of thiazole rings is 1. The molecular formula is C24H25N5O2S3. The molecule has 0 bridgehead atoms. The van der Waals surface area contributed by atoms with Crippen LogP contribution in [0.3, 0.4) is 0 Å². The van der Waals surface area contributed by atoms with Crippen molar-refractivity contribution in [2.75, 3.05) is 18.9 Å². The normalized spacial score (nSPS) is 15.7. The lowest BCUT2D eigenvalue weighted by Gasteiger charge is -2.12. The molecule has 1 aliphatic heterocycles. The summed E-state index contributed by atoms with van der Waals surface area (Å²) in [4.78, 5) is 17.1. The average molecular weight is 512 g/mol. The first-order valence-electron chi connectivity index (χ1n) is 11.2. The van der Waals surface area contributed by atoms with Crippen molar-refractivity contribution in [3.8, 4) is 0 Å². The lowest BCUT2D eigenvalue weighted by molar-refractivity contribution is -0.119. The summed E-state index contributed by atoms with van der Waals surface area (Å²) in [5.74, 6) is 1.81. The molecule has 0 saturated carbocycles. The minimum atomic E-state index is -0.0137. The van der Waals surface area contributed by atoms with E-state index in [9.17, 15) is 4.79 Å². The van der Waals surface area contributed by atoms with Crippen LogP contribution in [0.1, 0.15) is 24.2 Å². The van der Waals surface area contributed by atoms with Crippen molar-refractivity contribution >= 4 is 51.0 Å². The van der Waals surface area contributed by atoms with Gasteiger partial charge in [0.05, 0.1) is 34.4 Å². The second-order valence-electron chi connectivity index (χ2n) is 7.93. The second-order valence-corrected chi connectivity index (χ2v) is 11.1. The summed E-state index contributed by atoms with van der Waals surface area (Å²) < 4.78 is 9.88. The highest BCUT2D eigenvalue weighted by Crippen LogP contribution is 2.32. The van der Waals surface area contributed by atoms with Crippen LogP contribution < -0.4 is 5.32 Å². The Hall–Kier alpha value is -2.40. The number of hydrogen-bond donors (Lipinski definition) is 1. The van der Waals surface area contributed by atoms with Crippen LogP contribution in [0.5, 0.6) is 0 Å². The smallest absolute Gasteiger partial charge is 0.230 e. The van der Waals surface area contributed by atoms with Crippen LogP contribution in [0.25, 0.3) is 10.2 Å². The Bertz CT molecular complexity index is 1200. The summed E-state index contributed by atoms with van der Waals surface area (Å²) in [7, 11) is 0. The quantitative estimate of drug-likeness (QED) is 0.311. The third kappa shape index (κ3) is 5.99. The highest BCUT2D eigenvalue weighted by Gasteiger charge is 2.18. The Balaban J connectivity index is 1.26. The summed E-state index contributed by atoms with van der Waals surface area (Å²) in [6.45, 7) is 2.01. The van der Waals surface area contributed by atoms with E-state index >= 15 is 0 Å². The van der Waals surface area contributed by atoms with Crippen LogP contribution in [0.4, 0.5) is 0 Å². The zero-order chi connectivity index (χ0) is 23.2. The number of aromatic nitrogens is 4. The molecule has 2 aromatic carbocycles. The maximum absolute atomic E-state index is 12.4. The van der Waals surface area contributed by atoms with Gasteiger partial charge in [-0.3, -0.25) is 4.79 Å². The topological polar surface area (TPSA) is 81.9 Å². The largest absolute Gasteiger partial charge is 0.376 e. The van der Waals surface area contributed by atoms with Crippen molar-refractivity contribution in [2.45, 2.75) is 40.7 Å². The van der Waals surface area contributed by atoms with E-state index in [1.165, 1.54) is 22.0 Å². The highest BCUT2D eigenvalue weighted by atomic mass is 32.2. The lowest BCUT2D eigenvalue weighted by Crippen LogP contribution is -2.32. The Kier molecular flexibility index (Phi) is 7.79. The molecule has 1 fully saturated rings. The molecule has 2 aromatic heterocycles. The van der Waals surface area contributed by atoms with Gasteiger partial charge in [0.1, 0.15) is 5.82 Å². The first-order chi connectivity index (χ1) is 16.7. The molecule has 10 heteroatoms. The molecule has 1 N–H and O–H groups in total. The van der Waals surface area contributed by atoms with E-state index in [2.05, 4.69) is 38.3 Å². The fourth-order valence-corrected chi connectivity index (χ4v) is 6.50. The molecule has 0 aliphatic carbocycles. The molecule has 5 rings (SSSR count). The van der Waals surface area contributed by atoms with Crippen LogP contribution in [0.15, 0.2) is 64.1 Å². The van der Waals surface area contributed by atoms with E-state index in [-0.39, 0.29) is 12.0 Å². The maximum Gasteiger partial charge on any atom is 0.230 e. The van der Waals surface area contributed by atoms with Gasteiger partial charge in [-0.1, -0.05) is 66.0 Å². The Morgan fingerprint density at radius 1 is 1.12 bits per heavy atom. The van der Waals surface area contributed by atoms with E-state index in [4.69, 9.17) is 9.72 Å². The van der Waals surface area contributed by atoms with Gasteiger partial charge >= 0.3 is 0 Å². The number of hydrogen-bond acceptors (Lipinski definition) is 8. The Morgan fingerprint density at radius 3 is 2.79 bits per heavy atom. The molecule has 0 radical (unpaired) electrons. The SMILES string of the molecule is O=C(CSc1nnc(CSc2nc3ccccc3s2)n1Cc1ccccc1)NC[C@@H]1CCCO1. The highest BCUT2D eigenvalue weighted by molar-refractivity contribution is 8.00. The number of thioether (sulfide) groups is 2. The minimum Gasteiger partial charge on any atom is -0.376 e. The first kappa shape index (κ1) is 23.3. The van der Waals surface area contributed by atoms with Crippen molar-refractivity contribution in [1.82, 2.24) is 25.1 Å². The van der Waals surface area contributed by atoms with Gasteiger partial charge in [-0.25, -0.2) is 4.98 Å². The number of nitrogens with zero attached hydrogens (tertiary/aromatic N) is 4. The number of carbonyl (C=O) groups excluding carboxylic acids is 1. The summed E-state index contributed by atoms with van der Waals surface area (Å²) in [5, 5.41) is 12.6. The molecule has 176 valence electrons. The zero-order valence-electron chi connectivity index (χ0n) is 18.6. The number of fused-ring (bicyclic) bond motifs is 1. The number of amides is 1. The summed E-state index contributed by atoms with van der Waals surface area (Å²) >= 11 is 4.77. The van der Waals surface area contributed by atoms with Crippen LogP contribution in [-0.2, 0) is 21.8 Å². The number of rotatable bonds is 10. The standard InChI is InChI=1S/C24H25N5O2S3/c30-22(25-13-18-9-6-12-31-18)16-32-23-28-27-21(29(23)14-17-7-2-1-3-8-17)15-33-24-26-19-10-4-5-11-20(19)34-24/h1-5,7-8,10-11,18H,6,9,12-16H2,(H,25,30)/t18-/m0/s1. The molecular weight excluding hydrogens is 486 g/mol. The van der Waals surface area contributed by atoms with E-state index in [1.54, 1.807) is 23.1 Å². The molecule has 4 aromatic rings. The number of benzene rings is 2. The molecule has 1 atom stereocenters. The molecule has 1 aliphatic rings. The zero-order valence-corrected chi connectivity index (χ0v) is 21.0. The predicted octanol–water partition coefficient (Wildman–Crippen LogP) is 4.62. The van der Waals surface area contributed by atoms with Crippen molar-refractivity contribution in [1.29, 1.82) is 0 Å². The van der Waals surface area contributed by atoms with Gasteiger partial charge < -0.3 is 14.6 Å². The third-order valence-electron chi connectivity index (χ3n) is 5.46. The van der Waals surface area contributed by atoms with Gasteiger partial charge in [0.15, 0.2) is 9.50 Å². The van der Waals surface area contributed by atoms with Crippen molar-refractivity contribution in [3.63, 3.8) is 0 Å². The summed E-state index contributed by atoms with van der Waals surface area (Å²) in [5.41, 5.74) is 2.18. The van der Waals surface area contributed by atoms with Crippen LogP contribution in [0.2, 0.25) is 0 Å². The fourth-order valence-electron chi connectivity index (χ4n) is 3.71. The minimum absolute atomic E-state index is 0.0137. The van der Waals surface area contributed by atoms with Crippen molar-refractivity contribution in [3.05, 3.63) is 66.0 Å². The van der Waals surface area contributed by atoms with Crippen molar-refractivity contribution in [2.24, 2.45) is 0 Å². The van der Waals surface area contributed by atoms with Gasteiger partial charge in [-0.2, -0.15) is 0 Å². The van der Waals surface area contributed by atoms with Crippen LogP contribution in [-0.4, -0.2) is 50.7 Å². The van der Waals surface area contributed by atoms with Gasteiger partial charge in [-0.05, 0) is 30.5 Å². The van der Waals surface area contributed by atoms with E-state index in [0.29, 0.717) is 24.6 Å². The van der Waals surface area contributed by atoms with Gasteiger partial charge in [0.2, 0.25) is 5.91 Å². The van der Waals surface area contributed by atoms with Gasteiger partial charge in [0, 0.05) is 13.2 Å². The number of para-hydroxylation sites is 1. The monoisotopic (exact) mass is 511 g/mol. The fraction of sp³-hybridized carbons (Fsp3) is 0.333. The lowest BCUT2D eigenvalue weighted by atomic mass is 10.2. The second kappa shape index (κ2) is 11.4. The molecule has 0 spiro atoms. The van der Waals surface area contributed by atoms with Crippen molar-refractivity contribution < 1.29 is 9.53 Å². The molecule has 0 unspecified atom stereocenters. The van der Waals surface area contributed by atoms with E-state index < -0.39 is 0 Å². The predicted molar refractivity (Wildman–Crippen MR) is 137 cm³/mol. The number of carbonyl (C=O) groups is 1. The molecule has 7 nitrogen and oxygen atoms in total. The molecule has 1 saturated heterocycles. The van der Waals surface area contributed by atoms with Crippen LogP contribution >= 0.6 is 34.9 Å². The Labute approximate surface area is 210 Å². The van der Waals surface area contributed by atoms with Gasteiger partial charge in [-0.15, -0.1) is 21.5 Å². The molecule has 3 heterocycles. The molecule has 34 heavy (non-hydrogen) atoms. The molecule has 1 amide bonds. The number of ether oxygens (including phenoxy) is 1. The van der Waals surface area contributed by atoms with Gasteiger partial charge in [0.25, 0.3) is 0 Å². The maximum atomic E-state index is 12.4. The first-order valence-corrected chi connectivity index (χ1v) is 14.0. The van der Waals surface area contributed by atoms with E-state index in [1.807, 2.05) is 36.4 Å². The summed E-state index contributed by atoms with van der Waals surface area (Å²) in [6.07, 6.45) is 2.21. The Morgan fingerprint density at radius 2 is 1.97 bits per heavy atom. The number of nitrogens with one attached hydrogen (secondary N) is 1. The third-order valence-corrected chi connectivity index (χ3v) is 8.60. The average Bonchev–Trinajstić information content (AvgIpc) is 3.61.